The van der Waals surface area contributed by atoms with E-state index in [9.17, 15) is 28.0 Å². The molecule has 0 spiro atoms. The van der Waals surface area contributed by atoms with Crippen LogP contribution < -0.4 is 16.2 Å². The smallest absolute Gasteiger partial charge is 0.401 e. The second-order valence-electron chi connectivity index (χ2n) is 13.2. The molecule has 2 aromatic carbocycles. The Balaban J connectivity index is 1.23. The molecule has 0 saturated carbocycles. The van der Waals surface area contributed by atoms with Crippen LogP contribution in [0.4, 0.5) is 19.0 Å². The topological polar surface area (TPSA) is 126 Å². The summed E-state index contributed by atoms with van der Waals surface area (Å²) in [7, 11) is 0. The van der Waals surface area contributed by atoms with E-state index in [2.05, 4.69) is 11.1 Å². The number of imidazole rings is 1. The molecule has 2 aromatic heterocycles. The van der Waals surface area contributed by atoms with Crippen molar-refractivity contribution in [3.8, 4) is 23.3 Å². The van der Waals surface area contributed by atoms with Gasteiger partial charge in [-0.1, -0.05) is 18.2 Å². The molecule has 0 radical (unpaired) electrons. The molecule has 2 N–H and O–H groups in total. The molecule has 50 heavy (non-hydrogen) atoms. The first-order chi connectivity index (χ1) is 23.8. The van der Waals surface area contributed by atoms with Crippen LogP contribution in [0.1, 0.15) is 32.7 Å². The third-order valence-corrected chi connectivity index (χ3v) is 9.37. The minimum Gasteiger partial charge on any atom is -0.457 e. The minimum atomic E-state index is -4.27. The number of hydrogen-bond acceptors (Lipinski definition) is 8. The molecule has 14 heteroatoms. The van der Waals surface area contributed by atoms with Crippen molar-refractivity contribution in [2.45, 2.75) is 44.4 Å². The number of piperazine rings is 1. The monoisotopic (exact) mass is 688 g/mol. The van der Waals surface area contributed by atoms with Crippen LogP contribution in [0.3, 0.4) is 0 Å². The highest BCUT2D eigenvalue weighted by molar-refractivity contribution is 5.97. The van der Waals surface area contributed by atoms with E-state index in [0.717, 1.165) is 0 Å². The third kappa shape index (κ3) is 7.39. The first kappa shape index (κ1) is 34.7. The molecule has 11 nitrogen and oxygen atoms in total. The number of likely N-dealkylation sites (tertiary alicyclic amines) is 1. The summed E-state index contributed by atoms with van der Waals surface area (Å²) < 4.78 is 47.8. The zero-order chi connectivity index (χ0) is 35.6. The maximum atomic E-state index is 14.2. The molecular weight excluding hydrogens is 649 g/mol. The van der Waals surface area contributed by atoms with Gasteiger partial charge in [-0.2, -0.15) is 18.4 Å². The number of piperidine rings is 1. The number of hydrogen-bond donors (Lipinski definition) is 1. The number of aromatic nitrogens is 3. The molecule has 262 valence electrons. The number of nitrogens with two attached hydrogens (primary N) is 1. The lowest BCUT2D eigenvalue weighted by molar-refractivity contribution is -0.150. The fraction of sp³-hybridized carbons (Fsp3) is 0.389. The van der Waals surface area contributed by atoms with Crippen LogP contribution in [0.5, 0.6) is 11.5 Å². The summed E-state index contributed by atoms with van der Waals surface area (Å²) in [5, 5.41) is 10.1. The average molecular weight is 689 g/mol. The van der Waals surface area contributed by atoms with Crippen LogP contribution in [0, 0.1) is 11.3 Å². The van der Waals surface area contributed by atoms with Gasteiger partial charge in [0.1, 0.15) is 34.5 Å². The van der Waals surface area contributed by atoms with Crippen LogP contribution >= 0.6 is 0 Å². The summed E-state index contributed by atoms with van der Waals surface area (Å²) in [6, 6.07) is 19.8. The number of fused-ring (bicyclic) bond motifs is 1. The molecule has 0 aliphatic carbocycles. The summed E-state index contributed by atoms with van der Waals surface area (Å²) in [6.07, 6.45) is 0.104. The lowest BCUT2D eigenvalue weighted by Gasteiger charge is -2.43. The first-order valence-corrected chi connectivity index (χ1v) is 16.5. The normalized spacial score (nSPS) is 18.3. The highest BCUT2D eigenvalue weighted by Gasteiger charge is 2.36. The van der Waals surface area contributed by atoms with Crippen molar-refractivity contribution >= 4 is 22.8 Å². The van der Waals surface area contributed by atoms with E-state index >= 15 is 0 Å². The van der Waals surface area contributed by atoms with Crippen molar-refractivity contribution in [3.05, 3.63) is 89.0 Å². The Morgan fingerprint density at radius 1 is 1.02 bits per heavy atom. The predicted molar refractivity (Wildman–Crippen MR) is 183 cm³/mol. The fourth-order valence-electron chi connectivity index (χ4n) is 6.91. The number of benzene rings is 2. The van der Waals surface area contributed by atoms with Crippen molar-refractivity contribution in [3.63, 3.8) is 0 Å². The zero-order valence-electron chi connectivity index (χ0n) is 27.9. The number of carbonyl (C=O) groups excluding carboxylic acids is 1. The summed E-state index contributed by atoms with van der Waals surface area (Å²) in [5.41, 5.74) is 6.81. The largest absolute Gasteiger partial charge is 0.457 e. The van der Waals surface area contributed by atoms with Crippen molar-refractivity contribution < 1.29 is 22.7 Å². The average Bonchev–Trinajstić information content (AvgIpc) is 3.40. The Bertz CT molecular complexity index is 1970. The molecule has 2 aliphatic heterocycles. The number of pyridine rings is 1. The Hall–Kier alpha value is -5.13. The number of nitrogen functional groups attached to an aromatic ring is 1. The molecule has 4 aromatic rings. The molecule has 2 aliphatic rings. The van der Waals surface area contributed by atoms with Crippen LogP contribution in [0.15, 0.2) is 83.3 Å². The fourth-order valence-corrected chi connectivity index (χ4v) is 6.91. The lowest BCUT2D eigenvalue weighted by Crippen LogP contribution is -2.55. The van der Waals surface area contributed by atoms with Crippen molar-refractivity contribution in [1.29, 1.82) is 5.26 Å². The van der Waals surface area contributed by atoms with Crippen LogP contribution in [-0.2, 0) is 4.79 Å². The minimum absolute atomic E-state index is 0.0468. The maximum Gasteiger partial charge on any atom is 0.401 e. The molecule has 1 unspecified atom stereocenters. The molecule has 0 bridgehead atoms. The molecule has 4 heterocycles. The van der Waals surface area contributed by atoms with Gasteiger partial charge in [0, 0.05) is 51.0 Å². The van der Waals surface area contributed by atoms with Crippen molar-refractivity contribution in [2.75, 3.05) is 51.5 Å². The van der Waals surface area contributed by atoms with E-state index in [1.807, 2.05) is 49.1 Å². The van der Waals surface area contributed by atoms with Crippen LogP contribution in [0.2, 0.25) is 0 Å². The second-order valence-corrected chi connectivity index (χ2v) is 13.2. The Morgan fingerprint density at radius 2 is 1.70 bits per heavy atom. The highest BCUT2D eigenvalue weighted by Crippen LogP contribution is 2.31. The van der Waals surface area contributed by atoms with E-state index in [-0.39, 0.29) is 36.7 Å². The molecule has 1 atom stereocenters. The zero-order valence-corrected chi connectivity index (χ0v) is 27.9. The number of rotatable bonds is 8. The lowest BCUT2D eigenvalue weighted by atomic mass is 9.96. The number of amides is 1. The van der Waals surface area contributed by atoms with Crippen molar-refractivity contribution in [1.82, 2.24) is 28.8 Å². The van der Waals surface area contributed by atoms with Gasteiger partial charge in [0.2, 0.25) is 0 Å². The number of halogens is 3. The Morgan fingerprint density at radius 3 is 2.36 bits per heavy atom. The number of alkyl halides is 3. The molecule has 2 fully saturated rings. The van der Waals surface area contributed by atoms with E-state index in [1.54, 1.807) is 52.1 Å². The number of nitrogens with zero attached hydrogens (tertiary/aromatic N) is 7. The van der Waals surface area contributed by atoms with Crippen molar-refractivity contribution in [2.24, 2.45) is 0 Å². The van der Waals surface area contributed by atoms with E-state index in [4.69, 9.17) is 10.5 Å². The van der Waals surface area contributed by atoms with Gasteiger partial charge < -0.3 is 15.4 Å². The van der Waals surface area contributed by atoms with Gasteiger partial charge in [-0.25, -0.2) is 9.78 Å². The van der Waals surface area contributed by atoms with Crippen LogP contribution in [-0.4, -0.2) is 92.3 Å². The number of anilines is 1. The van der Waals surface area contributed by atoms with Gasteiger partial charge in [-0.15, -0.1) is 0 Å². The SMILES string of the molecule is CC(C)(C=C(C#N)C(=O)N1CCCC(n2c(=O)n(-c3ccc(Oc4ccccc4)cc3)c3c(N)nccc32)C1)N1CCN(CC(F)(F)F)CC1. The van der Waals surface area contributed by atoms with Gasteiger partial charge in [-0.05, 0) is 75.2 Å². The molecule has 2 saturated heterocycles. The third-order valence-electron chi connectivity index (χ3n) is 9.37. The Kier molecular flexibility index (Phi) is 9.73. The molecule has 6 rings (SSSR count). The molecule has 1 amide bonds. The van der Waals surface area contributed by atoms with Gasteiger partial charge >= 0.3 is 11.9 Å². The number of para-hydroxylation sites is 1. The van der Waals surface area contributed by atoms with Crippen LogP contribution in [0.25, 0.3) is 16.7 Å². The number of nitriles is 1. The summed E-state index contributed by atoms with van der Waals surface area (Å²) in [4.78, 5) is 37.2. The van der Waals surface area contributed by atoms with E-state index in [0.29, 0.717) is 60.7 Å². The first-order valence-electron chi connectivity index (χ1n) is 16.5. The summed E-state index contributed by atoms with van der Waals surface area (Å²) in [6.45, 7) is 4.54. The summed E-state index contributed by atoms with van der Waals surface area (Å²) in [5.74, 6) is 1.01. The van der Waals surface area contributed by atoms with Gasteiger partial charge in [0.25, 0.3) is 5.91 Å². The second kappa shape index (κ2) is 14.0. The quantitative estimate of drug-likeness (QED) is 0.200. The van der Waals surface area contributed by atoms with Gasteiger partial charge in [-0.3, -0.25) is 23.7 Å². The van der Waals surface area contributed by atoms with Gasteiger partial charge in [0.05, 0.1) is 23.8 Å². The highest BCUT2D eigenvalue weighted by atomic mass is 19.4. The van der Waals surface area contributed by atoms with E-state index in [1.165, 1.54) is 9.47 Å². The number of carbonyl (C=O) groups is 1. The van der Waals surface area contributed by atoms with E-state index < -0.39 is 30.2 Å². The Labute approximate surface area is 287 Å². The standard InChI is InChI=1S/C36H39F3N8O3/c1-35(2,45-19-17-43(18-20-45)24-36(37,38)39)21-25(22-40)33(48)44-16-6-7-27(23-44)46-30-14-15-42-32(41)31(30)47(34(46)49)26-10-12-29(13-11-26)50-28-8-4-3-5-9-28/h3-5,8-15,21,27H,6-7,16-20,23-24H2,1-2H3,(H2,41,42). The maximum absolute atomic E-state index is 14.2. The van der Waals surface area contributed by atoms with Gasteiger partial charge in [0.15, 0.2) is 0 Å². The predicted octanol–water partition coefficient (Wildman–Crippen LogP) is 5.13. The molecular formula is C36H39F3N8O3. The number of ether oxygens (including phenoxy) is 1. The summed E-state index contributed by atoms with van der Waals surface area (Å²) >= 11 is 0.